The highest BCUT2D eigenvalue weighted by Gasteiger charge is 2.52. The largest absolute Gasteiger partial charge is 0.396 e. The molecule has 0 aromatic heterocycles. The Bertz CT molecular complexity index is 460. The molecule has 0 spiro atoms. The van der Waals surface area contributed by atoms with E-state index in [4.69, 9.17) is 5.11 Å². The predicted octanol–water partition coefficient (Wildman–Crippen LogP) is 4.68. The lowest BCUT2D eigenvalue weighted by Crippen LogP contribution is -2.49. The molecule has 124 valence electrons. The number of carbonyl (C=O) groups excluding carboxylic acids is 1. The van der Waals surface area contributed by atoms with E-state index in [1.54, 1.807) is 0 Å². The molecule has 0 aromatic carbocycles. The summed E-state index contributed by atoms with van der Waals surface area (Å²) in [7, 11) is 0. The molecule has 2 saturated carbocycles. The smallest absolute Gasteiger partial charge is 0.145 e. The summed E-state index contributed by atoms with van der Waals surface area (Å²) in [4.78, 5) is 11.1. The molecule has 0 aliphatic heterocycles. The van der Waals surface area contributed by atoms with E-state index in [9.17, 15) is 4.79 Å². The van der Waals surface area contributed by atoms with Crippen LogP contribution in [0.25, 0.3) is 0 Å². The van der Waals surface area contributed by atoms with Crippen LogP contribution in [0.15, 0.2) is 23.8 Å². The molecule has 3 atom stereocenters. The second-order valence-electron chi connectivity index (χ2n) is 8.26. The van der Waals surface area contributed by atoms with Crippen molar-refractivity contribution in [2.75, 3.05) is 6.61 Å². The molecule has 2 nitrogen and oxygen atoms in total. The first-order valence-corrected chi connectivity index (χ1v) is 8.78. The van der Waals surface area contributed by atoms with Crippen LogP contribution in [0, 0.1) is 22.7 Å². The van der Waals surface area contributed by atoms with Gasteiger partial charge in [0.1, 0.15) is 6.29 Å². The van der Waals surface area contributed by atoms with E-state index in [-0.39, 0.29) is 6.61 Å². The molecule has 2 fully saturated rings. The van der Waals surface area contributed by atoms with Crippen molar-refractivity contribution in [3.8, 4) is 0 Å². The Labute approximate surface area is 135 Å². The standard InChI is InChI=1S/C20H32O2/c1-15-6-9-18-19(2,3)11-5-12-20(18,4)17(15)8-7-16(14-22)10-13-21/h7,14,17-18,21H,1,5-6,8-13H2,2-4H3/t17-,18?,20+/m0/s1. The summed E-state index contributed by atoms with van der Waals surface area (Å²) < 4.78 is 0. The van der Waals surface area contributed by atoms with Crippen molar-refractivity contribution in [3.05, 3.63) is 23.8 Å². The summed E-state index contributed by atoms with van der Waals surface area (Å²) in [6.07, 6.45) is 10.6. The van der Waals surface area contributed by atoms with E-state index in [1.165, 1.54) is 31.3 Å². The molecule has 0 radical (unpaired) electrons. The fourth-order valence-electron chi connectivity index (χ4n) is 5.32. The highest BCUT2D eigenvalue weighted by Crippen LogP contribution is 2.61. The molecule has 1 unspecified atom stereocenters. The maximum absolute atomic E-state index is 11.1. The number of carbonyl (C=O) groups is 1. The Hall–Kier alpha value is -0.890. The summed E-state index contributed by atoms with van der Waals surface area (Å²) >= 11 is 0. The van der Waals surface area contributed by atoms with Crippen LogP contribution in [-0.4, -0.2) is 18.0 Å². The Morgan fingerprint density at radius 1 is 1.36 bits per heavy atom. The molecule has 0 bridgehead atoms. The number of aliphatic hydroxyl groups is 1. The Balaban J connectivity index is 2.24. The van der Waals surface area contributed by atoms with Crippen molar-refractivity contribution in [2.24, 2.45) is 22.7 Å². The van der Waals surface area contributed by atoms with Gasteiger partial charge in [0.15, 0.2) is 0 Å². The number of aliphatic hydroxyl groups excluding tert-OH is 1. The zero-order valence-electron chi connectivity index (χ0n) is 14.5. The zero-order valence-corrected chi connectivity index (χ0v) is 14.5. The van der Waals surface area contributed by atoms with Gasteiger partial charge < -0.3 is 5.11 Å². The first-order valence-electron chi connectivity index (χ1n) is 8.78. The van der Waals surface area contributed by atoms with Gasteiger partial charge in [0, 0.05) is 6.61 Å². The van der Waals surface area contributed by atoms with Crippen LogP contribution < -0.4 is 0 Å². The quantitative estimate of drug-likeness (QED) is 0.455. The molecule has 2 aliphatic rings. The first-order chi connectivity index (χ1) is 10.3. The van der Waals surface area contributed by atoms with Crippen molar-refractivity contribution in [3.63, 3.8) is 0 Å². The van der Waals surface area contributed by atoms with Gasteiger partial charge in [-0.3, -0.25) is 4.79 Å². The molecule has 0 amide bonds. The minimum absolute atomic E-state index is 0.0448. The molecule has 2 aliphatic carbocycles. The number of rotatable bonds is 5. The van der Waals surface area contributed by atoms with Crippen molar-refractivity contribution < 1.29 is 9.90 Å². The number of hydrogen-bond acceptors (Lipinski definition) is 2. The third-order valence-electron chi connectivity index (χ3n) is 6.49. The lowest BCUT2D eigenvalue weighted by atomic mass is 9.47. The van der Waals surface area contributed by atoms with Crippen LogP contribution in [0.3, 0.4) is 0 Å². The Morgan fingerprint density at radius 3 is 2.73 bits per heavy atom. The van der Waals surface area contributed by atoms with Crippen molar-refractivity contribution >= 4 is 6.29 Å². The first kappa shape index (κ1) is 17.5. The van der Waals surface area contributed by atoms with Gasteiger partial charge in [-0.05, 0) is 66.8 Å². The SMILES string of the molecule is C=C1CCC2C(C)(C)CCC[C@]2(C)[C@H]1CC=C(C=O)CCO. The van der Waals surface area contributed by atoms with Crippen molar-refractivity contribution in [2.45, 2.75) is 65.7 Å². The monoisotopic (exact) mass is 304 g/mol. The topological polar surface area (TPSA) is 37.3 Å². The molecule has 2 heteroatoms. The fraction of sp³-hybridized carbons (Fsp3) is 0.750. The van der Waals surface area contributed by atoms with Crippen molar-refractivity contribution in [1.82, 2.24) is 0 Å². The third-order valence-corrected chi connectivity index (χ3v) is 6.49. The summed E-state index contributed by atoms with van der Waals surface area (Å²) in [6.45, 7) is 11.7. The minimum Gasteiger partial charge on any atom is -0.396 e. The zero-order chi connectivity index (χ0) is 16.4. The number of allylic oxidation sites excluding steroid dienone is 2. The van der Waals surface area contributed by atoms with Gasteiger partial charge in [-0.15, -0.1) is 0 Å². The van der Waals surface area contributed by atoms with E-state index in [0.717, 1.165) is 30.6 Å². The van der Waals surface area contributed by atoms with Gasteiger partial charge in [-0.25, -0.2) is 0 Å². The van der Waals surface area contributed by atoms with Crippen LogP contribution in [0.4, 0.5) is 0 Å². The minimum atomic E-state index is 0.0448. The van der Waals surface area contributed by atoms with Gasteiger partial charge in [-0.2, -0.15) is 0 Å². The van der Waals surface area contributed by atoms with Crippen LogP contribution in [0.1, 0.15) is 65.7 Å². The Kier molecular flexibility index (Phi) is 5.32. The second-order valence-corrected chi connectivity index (χ2v) is 8.26. The normalized spacial score (nSPS) is 35.1. The van der Waals surface area contributed by atoms with E-state index in [1.807, 2.05) is 6.08 Å². The van der Waals surface area contributed by atoms with Crippen LogP contribution in [0.5, 0.6) is 0 Å². The van der Waals surface area contributed by atoms with E-state index < -0.39 is 0 Å². The number of fused-ring (bicyclic) bond motifs is 1. The molecule has 0 aromatic rings. The maximum Gasteiger partial charge on any atom is 0.145 e. The number of aldehydes is 1. The average molecular weight is 304 g/mol. The molecule has 0 heterocycles. The fourth-order valence-corrected chi connectivity index (χ4v) is 5.32. The second kappa shape index (κ2) is 6.70. The summed E-state index contributed by atoms with van der Waals surface area (Å²) in [5, 5.41) is 9.05. The van der Waals surface area contributed by atoms with Gasteiger partial charge in [0.2, 0.25) is 0 Å². The van der Waals surface area contributed by atoms with Gasteiger partial charge in [-0.1, -0.05) is 45.4 Å². The van der Waals surface area contributed by atoms with Gasteiger partial charge >= 0.3 is 0 Å². The lowest BCUT2D eigenvalue weighted by molar-refractivity contribution is -0.105. The van der Waals surface area contributed by atoms with Gasteiger partial charge in [0.25, 0.3) is 0 Å². The maximum atomic E-state index is 11.1. The summed E-state index contributed by atoms with van der Waals surface area (Å²) in [5.41, 5.74) is 2.81. The summed E-state index contributed by atoms with van der Waals surface area (Å²) in [5.74, 6) is 1.22. The highest BCUT2D eigenvalue weighted by molar-refractivity contribution is 5.73. The third kappa shape index (κ3) is 3.22. The molecule has 1 N–H and O–H groups in total. The molecular weight excluding hydrogens is 272 g/mol. The average Bonchev–Trinajstić information content (AvgIpc) is 2.44. The van der Waals surface area contributed by atoms with E-state index >= 15 is 0 Å². The Morgan fingerprint density at radius 2 is 2.09 bits per heavy atom. The van der Waals surface area contributed by atoms with Gasteiger partial charge in [0.05, 0.1) is 0 Å². The summed E-state index contributed by atoms with van der Waals surface area (Å²) in [6, 6.07) is 0. The molecule has 0 saturated heterocycles. The molecule has 2 rings (SSSR count). The van der Waals surface area contributed by atoms with Crippen LogP contribution in [-0.2, 0) is 4.79 Å². The molecule has 22 heavy (non-hydrogen) atoms. The van der Waals surface area contributed by atoms with Crippen molar-refractivity contribution in [1.29, 1.82) is 0 Å². The van der Waals surface area contributed by atoms with E-state index in [2.05, 4.69) is 27.4 Å². The van der Waals surface area contributed by atoms with Crippen LogP contribution >= 0.6 is 0 Å². The molecular formula is C20H32O2. The highest BCUT2D eigenvalue weighted by atomic mass is 16.3. The lowest BCUT2D eigenvalue weighted by Gasteiger charge is -2.58. The van der Waals surface area contributed by atoms with E-state index in [0.29, 0.717) is 23.2 Å². The number of hydrogen-bond donors (Lipinski definition) is 1. The predicted molar refractivity (Wildman–Crippen MR) is 91.6 cm³/mol. The van der Waals surface area contributed by atoms with Crippen LogP contribution in [0.2, 0.25) is 0 Å².